The van der Waals surface area contributed by atoms with E-state index in [0.717, 1.165) is 55.9 Å². The maximum absolute atomic E-state index is 12.3. The molecule has 2 N–H and O–H groups in total. The van der Waals surface area contributed by atoms with Gasteiger partial charge in [0.2, 0.25) is 5.91 Å². The first-order valence-corrected chi connectivity index (χ1v) is 8.51. The van der Waals surface area contributed by atoms with Crippen LogP contribution in [0, 0.1) is 5.92 Å². The molecule has 4 nitrogen and oxygen atoms in total. The van der Waals surface area contributed by atoms with Crippen molar-refractivity contribution >= 4 is 23.2 Å². The number of carbonyl (C=O) groups is 1. The molecule has 3 atom stereocenters. The van der Waals surface area contributed by atoms with Crippen LogP contribution < -0.4 is 10.2 Å². The normalized spacial score (nSPS) is 28.6. The highest BCUT2D eigenvalue weighted by atomic mass is 35.5. The molecule has 0 aromatic heterocycles. The summed E-state index contributed by atoms with van der Waals surface area (Å²) in [5, 5.41) is 13.7. The Kier molecular flexibility index (Phi) is 4.89. The Labute approximate surface area is 136 Å². The monoisotopic (exact) mass is 322 g/mol. The van der Waals surface area contributed by atoms with Crippen LogP contribution in [0.15, 0.2) is 24.3 Å². The van der Waals surface area contributed by atoms with E-state index in [4.69, 9.17) is 11.6 Å². The number of amides is 1. The van der Waals surface area contributed by atoms with Crippen molar-refractivity contribution in [2.45, 2.75) is 44.2 Å². The number of anilines is 1. The van der Waals surface area contributed by atoms with Gasteiger partial charge >= 0.3 is 0 Å². The zero-order valence-corrected chi connectivity index (χ0v) is 13.4. The molecule has 2 fully saturated rings. The lowest BCUT2D eigenvalue weighted by Gasteiger charge is -2.35. The number of piperidine rings is 1. The van der Waals surface area contributed by atoms with Gasteiger partial charge in [0.1, 0.15) is 0 Å². The molecule has 1 aliphatic heterocycles. The molecule has 3 unspecified atom stereocenters. The number of nitrogens with zero attached hydrogens (tertiary/aromatic N) is 1. The third kappa shape index (κ3) is 3.39. The molecule has 1 aromatic rings. The number of benzene rings is 1. The van der Waals surface area contributed by atoms with Crippen LogP contribution >= 0.6 is 11.6 Å². The largest absolute Gasteiger partial charge is 0.392 e. The van der Waals surface area contributed by atoms with E-state index in [1.807, 2.05) is 24.3 Å². The van der Waals surface area contributed by atoms with Gasteiger partial charge in [-0.2, -0.15) is 0 Å². The zero-order chi connectivity index (χ0) is 15.5. The van der Waals surface area contributed by atoms with E-state index >= 15 is 0 Å². The van der Waals surface area contributed by atoms with E-state index in [-0.39, 0.29) is 17.9 Å². The van der Waals surface area contributed by atoms with E-state index in [1.54, 1.807) is 0 Å². The van der Waals surface area contributed by atoms with E-state index in [1.165, 1.54) is 0 Å². The van der Waals surface area contributed by atoms with E-state index in [9.17, 15) is 9.90 Å². The van der Waals surface area contributed by atoms with Gasteiger partial charge in [-0.3, -0.25) is 4.79 Å². The lowest BCUT2D eigenvalue weighted by molar-refractivity contribution is -0.128. The first kappa shape index (κ1) is 15.6. The number of hydrogen-bond donors (Lipinski definition) is 2. The van der Waals surface area contributed by atoms with Crippen LogP contribution in [-0.4, -0.2) is 36.2 Å². The van der Waals surface area contributed by atoms with Gasteiger partial charge in [0, 0.05) is 19.1 Å². The van der Waals surface area contributed by atoms with Crippen molar-refractivity contribution < 1.29 is 9.90 Å². The molecular formula is C17H23ClN2O2. The van der Waals surface area contributed by atoms with Gasteiger partial charge in [0.05, 0.1) is 22.7 Å². The maximum Gasteiger partial charge on any atom is 0.225 e. The second kappa shape index (κ2) is 6.88. The van der Waals surface area contributed by atoms with E-state index < -0.39 is 6.10 Å². The van der Waals surface area contributed by atoms with E-state index in [2.05, 4.69) is 10.2 Å². The molecule has 3 rings (SSSR count). The Morgan fingerprint density at radius 1 is 1.23 bits per heavy atom. The van der Waals surface area contributed by atoms with Crippen LogP contribution in [0.4, 0.5) is 5.69 Å². The molecular weight excluding hydrogens is 300 g/mol. The predicted octanol–water partition coefficient (Wildman–Crippen LogP) is 2.59. The molecule has 1 aliphatic carbocycles. The number of nitrogens with one attached hydrogen (secondary N) is 1. The lowest BCUT2D eigenvalue weighted by atomic mass is 10.0. The molecule has 0 bridgehead atoms. The fourth-order valence-electron chi connectivity index (χ4n) is 3.58. The Hall–Kier alpha value is -1.26. The summed E-state index contributed by atoms with van der Waals surface area (Å²) in [5.41, 5.74) is 1.03. The lowest BCUT2D eigenvalue weighted by Crippen LogP contribution is -2.50. The van der Waals surface area contributed by atoms with E-state index in [0.29, 0.717) is 0 Å². The summed E-state index contributed by atoms with van der Waals surface area (Å²) >= 11 is 6.27. The first-order chi connectivity index (χ1) is 10.6. The minimum Gasteiger partial charge on any atom is -0.392 e. The number of para-hydroxylation sites is 1. The van der Waals surface area contributed by atoms with Crippen LogP contribution in [-0.2, 0) is 4.79 Å². The van der Waals surface area contributed by atoms with Gasteiger partial charge in [-0.05, 0) is 44.2 Å². The van der Waals surface area contributed by atoms with Crippen molar-refractivity contribution in [2.24, 2.45) is 5.92 Å². The highest BCUT2D eigenvalue weighted by molar-refractivity contribution is 6.33. The summed E-state index contributed by atoms with van der Waals surface area (Å²) in [4.78, 5) is 14.6. The molecule has 1 heterocycles. The van der Waals surface area contributed by atoms with Crippen LogP contribution in [0.25, 0.3) is 0 Å². The summed E-state index contributed by atoms with van der Waals surface area (Å²) in [5.74, 6) is -0.216. The summed E-state index contributed by atoms with van der Waals surface area (Å²) < 4.78 is 0. The smallest absolute Gasteiger partial charge is 0.225 e. The van der Waals surface area contributed by atoms with Crippen LogP contribution in [0.2, 0.25) is 5.02 Å². The molecule has 1 saturated heterocycles. The molecule has 22 heavy (non-hydrogen) atoms. The number of rotatable bonds is 3. The van der Waals surface area contributed by atoms with Gasteiger partial charge in [0.15, 0.2) is 0 Å². The van der Waals surface area contributed by atoms with Gasteiger partial charge in [0.25, 0.3) is 0 Å². The Morgan fingerprint density at radius 2 is 2.05 bits per heavy atom. The third-order valence-electron chi connectivity index (χ3n) is 4.78. The van der Waals surface area contributed by atoms with Gasteiger partial charge in [-0.1, -0.05) is 23.7 Å². The first-order valence-electron chi connectivity index (χ1n) is 8.13. The number of aliphatic hydroxyl groups excluding tert-OH is 1. The van der Waals surface area contributed by atoms with Crippen LogP contribution in [0.5, 0.6) is 0 Å². The minimum absolute atomic E-state index is 0.0102. The fourth-order valence-corrected chi connectivity index (χ4v) is 3.83. The number of halogens is 1. The predicted molar refractivity (Wildman–Crippen MR) is 88.2 cm³/mol. The highest BCUT2D eigenvalue weighted by Gasteiger charge is 2.33. The van der Waals surface area contributed by atoms with Crippen molar-refractivity contribution in [1.29, 1.82) is 0 Å². The molecule has 2 aliphatic rings. The van der Waals surface area contributed by atoms with Crippen molar-refractivity contribution in [2.75, 3.05) is 18.0 Å². The van der Waals surface area contributed by atoms with Gasteiger partial charge in [-0.15, -0.1) is 0 Å². The highest BCUT2D eigenvalue weighted by Crippen LogP contribution is 2.29. The summed E-state index contributed by atoms with van der Waals surface area (Å²) in [6, 6.07) is 7.96. The van der Waals surface area contributed by atoms with Crippen molar-refractivity contribution in [3.05, 3.63) is 29.3 Å². The summed E-state index contributed by atoms with van der Waals surface area (Å²) in [6.45, 7) is 1.74. The SMILES string of the molecule is O=C(NC1CCCN(c2ccccc2Cl)C1)C1CCCC1O. The van der Waals surface area contributed by atoms with Crippen LogP contribution in [0.1, 0.15) is 32.1 Å². The van der Waals surface area contributed by atoms with Crippen LogP contribution in [0.3, 0.4) is 0 Å². The second-order valence-electron chi connectivity index (χ2n) is 6.35. The molecule has 1 aromatic carbocycles. The number of carbonyl (C=O) groups excluding carboxylic acids is 1. The molecule has 120 valence electrons. The van der Waals surface area contributed by atoms with Gasteiger partial charge < -0.3 is 15.3 Å². The zero-order valence-electron chi connectivity index (χ0n) is 12.7. The second-order valence-corrected chi connectivity index (χ2v) is 6.76. The Balaban J connectivity index is 1.61. The average molecular weight is 323 g/mol. The van der Waals surface area contributed by atoms with Gasteiger partial charge in [-0.25, -0.2) is 0 Å². The summed E-state index contributed by atoms with van der Waals surface area (Å²) in [7, 11) is 0. The third-order valence-corrected chi connectivity index (χ3v) is 5.10. The molecule has 0 spiro atoms. The standard InChI is InChI=1S/C17H23ClN2O2/c18-14-7-1-2-8-15(14)20-10-4-5-12(11-20)19-17(22)13-6-3-9-16(13)21/h1-2,7-8,12-13,16,21H,3-6,9-11H2,(H,19,22). The maximum atomic E-state index is 12.3. The Bertz CT molecular complexity index is 537. The topological polar surface area (TPSA) is 52.6 Å². The minimum atomic E-state index is -0.469. The molecule has 1 saturated carbocycles. The molecule has 0 radical (unpaired) electrons. The molecule has 1 amide bonds. The number of aliphatic hydroxyl groups is 1. The quantitative estimate of drug-likeness (QED) is 0.899. The van der Waals surface area contributed by atoms with Crippen molar-refractivity contribution in [3.63, 3.8) is 0 Å². The number of hydrogen-bond acceptors (Lipinski definition) is 3. The Morgan fingerprint density at radius 3 is 2.77 bits per heavy atom. The fraction of sp³-hybridized carbons (Fsp3) is 0.588. The summed E-state index contributed by atoms with van der Waals surface area (Å²) in [6.07, 6.45) is 4.03. The van der Waals surface area contributed by atoms with Crippen molar-refractivity contribution in [3.8, 4) is 0 Å². The molecule has 5 heteroatoms. The average Bonchev–Trinajstić information content (AvgIpc) is 2.94. The van der Waals surface area contributed by atoms with Crippen molar-refractivity contribution in [1.82, 2.24) is 5.32 Å².